The Labute approximate surface area is 186 Å². The quantitative estimate of drug-likeness (QED) is 0.644. The van der Waals surface area contributed by atoms with Crippen molar-refractivity contribution in [3.05, 3.63) is 48.5 Å². The summed E-state index contributed by atoms with van der Waals surface area (Å²) in [6.07, 6.45) is 6.03. The summed E-state index contributed by atoms with van der Waals surface area (Å²) >= 11 is 0. The number of pyridine rings is 2. The highest BCUT2D eigenvalue weighted by atomic mass is 16.5. The van der Waals surface area contributed by atoms with Crippen LogP contribution in [0.4, 0.5) is 10.6 Å². The summed E-state index contributed by atoms with van der Waals surface area (Å²) in [5, 5.41) is 6.98. The number of hydrogen-bond donors (Lipinski definition) is 1. The molecule has 166 valence electrons. The van der Waals surface area contributed by atoms with Crippen LogP contribution in [-0.4, -0.2) is 43.1 Å². The zero-order valence-electron chi connectivity index (χ0n) is 18.6. The maximum absolute atomic E-state index is 12.5. The number of urea groups is 1. The van der Waals surface area contributed by atoms with Gasteiger partial charge < -0.3 is 4.74 Å². The maximum atomic E-state index is 12.5. The molecular weight excluding hydrogens is 408 g/mol. The molecule has 0 atom stereocenters. The minimum atomic E-state index is -0.517. The van der Waals surface area contributed by atoms with Gasteiger partial charge in [-0.2, -0.15) is 5.10 Å². The van der Waals surface area contributed by atoms with Crippen molar-refractivity contribution in [1.29, 1.82) is 0 Å². The third-order valence-corrected chi connectivity index (χ3v) is 5.51. The third-order valence-electron chi connectivity index (χ3n) is 5.51. The van der Waals surface area contributed by atoms with E-state index < -0.39 is 11.4 Å². The number of ether oxygens (including phenoxy) is 1. The number of hydrogen-bond acceptors (Lipinski definition) is 6. The van der Waals surface area contributed by atoms with E-state index in [1.165, 1.54) is 4.90 Å². The molecule has 1 fully saturated rings. The molecule has 3 aromatic heterocycles. The van der Waals surface area contributed by atoms with Gasteiger partial charge >= 0.3 is 6.03 Å². The van der Waals surface area contributed by atoms with Gasteiger partial charge in [0.1, 0.15) is 17.3 Å². The summed E-state index contributed by atoms with van der Waals surface area (Å²) in [5.41, 5.74) is 1.75. The van der Waals surface area contributed by atoms with E-state index in [0.717, 1.165) is 17.8 Å². The first-order chi connectivity index (χ1) is 15.3. The van der Waals surface area contributed by atoms with Crippen LogP contribution >= 0.6 is 0 Å². The Hall–Kier alpha value is -3.75. The molecule has 4 rings (SSSR count). The van der Waals surface area contributed by atoms with Gasteiger partial charge in [-0.1, -0.05) is 13.8 Å². The lowest BCUT2D eigenvalue weighted by atomic mass is 9.92. The Morgan fingerprint density at radius 1 is 1.28 bits per heavy atom. The molecule has 32 heavy (non-hydrogen) atoms. The maximum Gasteiger partial charge on any atom is 0.329 e. The molecule has 0 unspecified atom stereocenters. The van der Waals surface area contributed by atoms with Crippen molar-refractivity contribution in [1.82, 2.24) is 24.6 Å². The fourth-order valence-corrected chi connectivity index (χ4v) is 3.49. The number of nitrogens with zero attached hydrogens (tertiary/aromatic N) is 5. The molecule has 0 aliphatic carbocycles. The van der Waals surface area contributed by atoms with Crippen LogP contribution in [0.1, 0.15) is 32.9 Å². The van der Waals surface area contributed by atoms with Crippen molar-refractivity contribution in [2.75, 3.05) is 11.9 Å². The summed E-state index contributed by atoms with van der Waals surface area (Å²) in [4.78, 5) is 34.9. The number of imide groups is 1. The van der Waals surface area contributed by atoms with Crippen LogP contribution in [0.2, 0.25) is 0 Å². The molecule has 0 aromatic carbocycles. The number of carbonyl (C=O) groups excluding carboxylic acids is 2. The summed E-state index contributed by atoms with van der Waals surface area (Å²) in [6.45, 7) is 8.69. The van der Waals surface area contributed by atoms with Crippen LogP contribution in [0.5, 0.6) is 11.5 Å². The first-order valence-corrected chi connectivity index (χ1v) is 10.5. The average molecular weight is 435 g/mol. The van der Waals surface area contributed by atoms with Crippen LogP contribution in [0, 0.1) is 12.3 Å². The fourth-order valence-electron chi connectivity index (χ4n) is 3.49. The standard InChI is InChI=1S/C23H26N6O3/c1-5-28-14-16(13-25-28)18-12-17(8-10-24-18)32-19-6-7-20(26-15(19)2)27-22(31)29-11-9-23(3,4)21(29)30/h6-8,10,12-14H,5,9,11H2,1-4H3,(H,26,27,31). The van der Waals surface area contributed by atoms with E-state index in [9.17, 15) is 9.59 Å². The second-order valence-corrected chi connectivity index (χ2v) is 8.36. The molecule has 0 saturated carbocycles. The van der Waals surface area contributed by atoms with Gasteiger partial charge in [-0.05, 0) is 38.5 Å². The van der Waals surface area contributed by atoms with Crippen LogP contribution in [0.25, 0.3) is 11.3 Å². The molecule has 4 heterocycles. The minimum absolute atomic E-state index is 0.176. The van der Waals surface area contributed by atoms with E-state index in [1.54, 1.807) is 37.5 Å². The van der Waals surface area contributed by atoms with Gasteiger partial charge in [0.25, 0.3) is 0 Å². The van der Waals surface area contributed by atoms with E-state index in [1.807, 2.05) is 37.7 Å². The van der Waals surface area contributed by atoms with Crippen molar-refractivity contribution >= 4 is 17.8 Å². The van der Waals surface area contributed by atoms with E-state index in [-0.39, 0.29) is 5.91 Å². The highest BCUT2D eigenvalue weighted by Gasteiger charge is 2.41. The summed E-state index contributed by atoms with van der Waals surface area (Å²) in [7, 11) is 0. The average Bonchev–Trinajstić information content (AvgIpc) is 3.35. The second-order valence-electron chi connectivity index (χ2n) is 8.36. The molecule has 9 nitrogen and oxygen atoms in total. The molecule has 1 saturated heterocycles. The Morgan fingerprint density at radius 2 is 2.09 bits per heavy atom. The number of likely N-dealkylation sites (tertiary alicyclic amines) is 1. The first-order valence-electron chi connectivity index (χ1n) is 10.5. The molecule has 3 amide bonds. The Kier molecular flexibility index (Phi) is 5.65. The number of nitrogens with one attached hydrogen (secondary N) is 1. The summed E-state index contributed by atoms with van der Waals surface area (Å²) < 4.78 is 7.84. The molecule has 0 spiro atoms. The van der Waals surface area contributed by atoms with Crippen LogP contribution < -0.4 is 10.1 Å². The predicted octanol–water partition coefficient (Wildman–Crippen LogP) is 4.25. The van der Waals surface area contributed by atoms with E-state index in [0.29, 0.717) is 36.0 Å². The molecule has 1 aliphatic rings. The van der Waals surface area contributed by atoms with Crippen molar-refractivity contribution in [2.45, 2.75) is 40.7 Å². The number of aryl methyl sites for hydroxylation is 2. The Morgan fingerprint density at radius 3 is 2.75 bits per heavy atom. The topological polar surface area (TPSA) is 102 Å². The lowest BCUT2D eigenvalue weighted by Crippen LogP contribution is -2.39. The molecular formula is C23H26N6O3. The molecule has 1 aliphatic heterocycles. The third kappa shape index (κ3) is 4.32. The number of carbonyl (C=O) groups is 2. The SMILES string of the molecule is CCn1cc(-c2cc(Oc3ccc(NC(=O)N4CCC(C)(C)C4=O)nc3C)ccn2)cn1. The van der Waals surface area contributed by atoms with Gasteiger partial charge in [-0.15, -0.1) is 0 Å². The van der Waals surface area contributed by atoms with E-state index in [4.69, 9.17) is 4.74 Å². The lowest BCUT2D eigenvalue weighted by molar-refractivity contribution is -0.131. The smallest absolute Gasteiger partial charge is 0.329 e. The molecule has 3 aromatic rings. The van der Waals surface area contributed by atoms with Gasteiger partial charge in [0.15, 0.2) is 0 Å². The van der Waals surface area contributed by atoms with Gasteiger partial charge in [0.05, 0.1) is 17.6 Å². The monoisotopic (exact) mass is 434 g/mol. The van der Waals surface area contributed by atoms with Crippen molar-refractivity contribution < 1.29 is 14.3 Å². The van der Waals surface area contributed by atoms with Gasteiger partial charge in [-0.3, -0.25) is 24.7 Å². The van der Waals surface area contributed by atoms with Gasteiger partial charge in [0, 0.05) is 42.5 Å². The number of aromatic nitrogens is 4. The van der Waals surface area contributed by atoms with Crippen molar-refractivity contribution in [2.24, 2.45) is 5.41 Å². The molecule has 0 bridgehead atoms. The Bertz CT molecular complexity index is 1170. The molecule has 1 N–H and O–H groups in total. The van der Waals surface area contributed by atoms with Crippen LogP contribution in [-0.2, 0) is 11.3 Å². The number of anilines is 1. The zero-order chi connectivity index (χ0) is 22.9. The predicted molar refractivity (Wildman–Crippen MR) is 119 cm³/mol. The zero-order valence-corrected chi connectivity index (χ0v) is 18.6. The van der Waals surface area contributed by atoms with Crippen molar-refractivity contribution in [3.8, 4) is 22.8 Å². The van der Waals surface area contributed by atoms with Crippen molar-refractivity contribution in [3.63, 3.8) is 0 Å². The largest absolute Gasteiger partial charge is 0.455 e. The van der Waals surface area contributed by atoms with Gasteiger partial charge in [0.2, 0.25) is 5.91 Å². The number of amides is 3. The highest BCUT2D eigenvalue weighted by molar-refractivity contribution is 6.03. The number of rotatable bonds is 5. The van der Waals surface area contributed by atoms with E-state index in [2.05, 4.69) is 20.4 Å². The van der Waals surface area contributed by atoms with E-state index >= 15 is 0 Å². The molecule has 9 heteroatoms. The minimum Gasteiger partial charge on any atom is -0.455 e. The fraction of sp³-hybridized carbons (Fsp3) is 0.348. The molecule has 0 radical (unpaired) electrons. The second kappa shape index (κ2) is 8.41. The normalized spacial score (nSPS) is 15.1. The summed E-state index contributed by atoms with van der Waals surface area (Å²) in [5.74, 6) is 1.36. The van der Waals surface area contributed by atoms with Gasteiger partial charge in [-0.25, -0.2) is 9.78 Å². The highest BCUT2D eigenvalue weighted by Crippen LogP contribution is 2.31. The Balaban J connectivity index is 1.45. The lowest BCUT2D eigenvalue weighted by Gasteiger charge is -2.18. The summed E-state index contributed by atoms with van der Waals surface area (Å²) in [6, 6.07) is 6.53. The van der Waals surface area contributed by atoms with Crippen LogP contribution in [0.3, 0.4) is 0 Å². The first kappa shape index (κ1) is 21.5. The van der Waals surface area contributed by atoms with Crippen LogP contribution in [0.15, 0.2) is 42.9 Å².